The molecule has 0 aromatic heterocycles. The van der Waals surface area contributed by atoms with Crippen molar-refractivity contribution in [1.82, 2.24) is 0 Å². The Morgan fingerprint density at radius 2 is 2.08 bits per heavy atom. The minimum absolute atomic E-state index is 0.00597. The van der Waals surface area contributed by atoms with Crippen LogP contribution < -0.4 is 5.32 Å². The molecule has 0 radical (unpaired) electrons. The van der Waals surface area contributed by atoms with Crippen molar-refractivity contribution in [3.8, 4) is 5.75 Å². The van der Waals surface area contributed by atoms with Crippen LogP contribution in [0.25, 0.3) is 0 Å². The zero-order chi connectivity index (χ0) is 8.97. The molecule has 1 aromatic carbocycles. The first kappa shape index (κ1) is 8.26. The number of benzene rings is 1. The van der Waals surface area contributed by atoms with Crippen LogP contribution in [-0.2, 0) is 4.79 Å². The van der Waals surface area contributed by atoms with Crippen LogP contribution in [0.4, 0.5) is 5.69 Å². The van der Waals surface area contributed by atoms with Crippen LogP contribution in [0.2, 0.25) is 0 Å². The van der Waals surface area contributed by atoms with E-state index in [1.807, 2.05) is 0 Å². The molecule has 1 aromatic rings. The third kappa shape index (κ3) is 1.60. The lowest BCUT2D eigenvalue weighted by molar-refractivity contribution is -0.105. The van der Waals surface area contributed by atoms with Gasteiger partial charge in [-0.1, -0.05) is 0 Å². The molecule has 0 heterocycles. The molecular weight excluding hydrogens is 158 g/mol. The van der Waals surface area contributed by atoms with E-state index in [2.05, 4.69) is 5.32 Å². The zero-order valence-electron chi connectivity index (χ0n) is 6.15. The summed E-state index contributed by atoms with van der Waals surface area (Å²) in [6, 6.07) is 4.12. The van der Waals surface area contributed by atoms with Crippen LogP contribution in [0.1, 0.15) is 10.4 Å². The third-order valence-corrected chi connectivity index (χ3v) is 1.38. The van der Waals surface area contributed by atoms with Crippen molar-refractivity contribution in [3.63, 3.8) is 0 Å². The smallest absolute Gasteiger partial charge is 0.211 e. The van der Waals surface area contributed by atoms with Crippen molar-refractivity contribution < 1.29 is 14.7 Å². The Labute approximate surface area is 68.8 Å². The van der Waals surface area contributed by atoms with E-state index in [0.717, 1.165) is 0 Å². The number of anilines is 1. The van der Waals surface area contributed by atoms with E-state index in [4.69, 9.17) is 5.11 Å². The van der Waals surface area contributed by atoms with Crippen LogP contribution in [0.5, 0.6) is 5.75 Å². The van der Waals surface area contributed by atoms with Crippen molar-refractivity contribution in [2.75, 3.05) is 5.32 Å². The number of aldehydes is 1. The first-order valence-corrected chi connectivity index (χ1v) is 3.26. The fraction of sp³-hybridized carbons (Fsp3) is 0. The molecule has 4 heteroatoms. The van der Waals surface area contributed by atoms with Crippen LogP contribution in [0.3, 0.4) is 0 Å². The largest absolute Gasteiger partial charge is 0.508 e. The molecule has 0 aliphatic rings. The van der Waals surface area contributed by atoms with Gasteiger partial charge in [-0.15, -0.1) is 0 Å². The van der Waals surface area contributed by atoms with Gasteiger partial charge in [-0.3, -0.25) is 9.59 Å². The SMILES string of the molecule is O=CNc1ccc(O)cc1C=O. The summed E-state index contributed by atoms with van der Waals surface area (Å²) in [6.07, 6.45) is 1.03. The fourth-order valence-electron chi connectivity index (χ4n) is 0.843. The maximum absolute atomic E-state index is 10.4. The molecule has 1 amide bonds. The predicted octanol–water partition coefficient (Wildman–Crippen LogP) is 0.773. The van der Waals surface area contributed by atoms with Gasteiger partial charge >= 0.3 is 0 Å². The third-order valence-electron chi connectivity index (χ3n) is 1.38. The zero-order valence-corrected chi connectivity index (χ0v) is 6.15. The molecule has 1 rings (SSSR count). The minimum atomic E-state index is -0.00597. The fourth-order valence-corrected chi connectivity index (χ4v) is 0.843. The number of carbonyl (C=O) groups excluding carboxylic acids is 2. The van der Waals surface area contributed by atoms with Crippen molar-refractivity contribution in [3.05, 3.63) is 23.8 Å². The molecule has 0 aliphatic carbocycles. The second kappa shape index (κ2) is 3.52. The maximum Gasteiger partial charge on any atom is 0.211 e. The summed E-state index contributed by atoms with van der Waals surface area (Å²) in [6.45, 7) is 0. The topological polar surface area (TPSA) is 66.4 Å². The number of carbonyl (C=O) groups is 2. The van der Waals surface area contributed by atoms with Gasteiger partial charge in [0.25, 0.3) is 0 Å². The molecule has 2 N–H and O–H groups in total. The predicted molar refractivity (Wildman–Crippen MR) is 43.2 cm³/mol. The Balaban J connectivity index is 3.10. The highest BCUT2D eigenvalue weighted by molar-refractivity contribution is 5.89. The molecule has 12 heavy (non-hydrogen) atoms. The second-order valence-corrected chi connectivity index (χ2v) is 2.15. The Morgan fingerprint density at radius 1 is 1.33 bits per heavy atom. The normalized spacial score (nSPS) is 9.00. The van der Waals surface area contributed by atoms with Gasteiger partial charge in [-0.25, -0.2) is 0 Å². The van der Waals surface area contributed by atoms with Crippen LogP contribution in [0, 0.1) is 0 Å². The Kier molecular flexibility index (Phi) is 2.42. The Bertz CT molecular complexity index is 309. The minimum Gasteiger partial charge on any atom is -0.508 e. The highest BCUT2D eigenvalue weighted by Gasteiger charge is 2.00. The summed E-state index contributed by atoms with van der Waals surface area (Å²) >= 11 is 0. The van der Waals surface area contributed by atoms with E-state index in [0.29, 0.717) is 18.4 Å². The van der Waals surface area contributed by atoms with Gasteiger partial charge in [0.1, 0.15) is 5.75 Å². The average molecular weight is 165 g/mol. The monoisotopic (exact) mass is 165 g/mol. The average Bonchev–Trinajstić information content (AvgIpc) is 2.08. The summed E-state index contributed by atoms with van der Waals surface area (Å²) in [5.74, 6) is -0.00597. The van der Waals surface area contributed by atoms with Gasteiger partial charge in [-0.2, -0.15) is 0 Å². The number of hydrogen-bond acceptors (Lipinski definition) is 3. The summed E-state index contributed by atoms with van der Waals surface area (Å²) in [4.78, 5) is 20.4. The number of nitrogens with one attached hydrogen (secondary N) is 1. The van der Waals surface area contributed by atoms with Crippen molar-refractivity contribution in [1.29, 1.82) is 0 Å². The Morgan fingerprint density at radius 3 is 2.67 bits per heavy atom. The number of hydrogen-bond donors (Lipinski definition) is 2. The van der Waals surface area contributed by atoms with E-state index in [9.17, 15) is 9.59 Å². The van der Waals surface area contributed by atoms with Gasteiger partial charge in [-0.05, 0) is 18.2 Å². The Hall–Kier alpha value is -1.84. The number of amides is 1. The van der Waals surface area contributed by atoms with E-state index in [-0.39, 0.29) is 11.3 Å². The second-order valence-electron chi connectivity index (χ2n) is 2.15. The summed E-state index contributed by atoms with van der Waals surface area (Å²) < 4.78 is 0. The molecule has 0 spiro atoms. The molecule has 0 saturated heterocycles. The number of rotatable bonds is 3. The van der Waals surface area contributed by atoms with Gasteiger partial charge in [0, 0.05) is 5.56 Å². The highest BCUT2D eigenvalue weighted by atomic mass is 16.3. The number of phenols is 1. The van der Waals surface area contributed by atoms with Crippen LogP contribution in [-0.4, -0.2) is 17.8 Å². The highest BCUT2D eigenvalue weighted by Crippen LogP contribution is 2.18. The first-order chi connectivity index (χ1) is 5.77. The molecule has 0 saturated carbocycles. The van der Waals surface area contributed by atoms with Crippen molar-refractivity contribution in [2.24, 2.45) is 0 Å². The molecule has 4 nitrogen and oxygen atoms in total. The number of phenolic OH excluding ortho intramolecular Hbond substituents is 1. The standard InChI is InChI=1S/C8H7NO3/c10-4-6-3-7(12)1-2-8(6)9-5-11/h1-5,12H,(H,9,11). The molecule has 0 aliphatic heterocycles. The summed E-state index contributed by atoms with van der Waals surface area (Å²) in [7, 11) is 0. The van der Waals surface area contributed by atoms with Gasteiger partial charge in [0.15, 0.2) is 6.29 Å². The number of aromatic hydroxyl groups is 1. The molecule has 0 atom stereocenters. The summed E-state index contributed by atoms with van der Waals surface area (Å²) in [5.41, 5.74) is 0.639. The van der Waals surface area contributed by atoms with Gasteiger partial charge < -0.3 is 10.4 Å². The lowest BCUT2D eigenvalue weighted by Crippen LogP contribution is -1.97. The van der Waals surface area contributed by atoms with E-state index < -0.39 is 0 Å². The molecule has 0 unspecified atom stereocenters. The molecular formula is C8H7NO3. The van der Waals surface area contributed by atoms with Crippen molar-refractivity contribution in [2.45, 2.75) is 0 Å². The summed E-state index contributed by atoms with van der Waals surface area (Å²) in [5, 5.41) is 11.3. The van der Waals surface area contributed by atoms with E-state index in [1.54, 1.807) is 0 Å². The van der Waals surface area contributed by atoms with Crippen LogP contribution >= 0.6 is 0 Å². The molecule has 0 fully saturated rings. The van der Waals surface area contributed by atoms with Crippen LogP contribution in [0.15, 0.2) is 18.2 Å². The molecule has 0 bridgehead atoms. The molecule has 62 valence electrons. The quantitative estimate of drug-likeness (QED) is 0.513. The maximum atomic E-state index is 10.4. The lowest BCUT2D eigenvalue weighted by Gasteiger charge is -2.01. The van der Waals surface area contributed by atoms with E-state index >= 15 is 0 Å². The lowest BCUT2D eigenvalue weighted by atomic mass is 10.2. The van der Waals surface area contributed by atoms with Gasteiger partial charge in [0.2, 0.25) is 6.41 Å². The van der Waals surface area contributed by atoms with Crippen molar-refractivity contribution >= 4 is 18.4 Å². The first-order valence-electron chi connectivity index (χ1n) is 3.26. The van der Waals surface area contributed by atoms with Gasteiger partial charge in [0.05, 0.1) is 5.69 Å². The van der Waals surface area contributed by atoms with E-state index in [1.165, 1.54) is 18.2 Å².